The molecule has 0 aromatic carbocycles. The number of ether oxygens (including phenoxy) is 4. The second-order valence-electron chi connectivity index (χ2n) is 17.1. The van der Waals surface area contributed by atoms with Gasteiger partial charge in [-0.1, -0.05) is 39.3 Å². The van der Waals surface area contributed by atoms with Crippen LogP contribution in [0.3, 0.4) is 0 Å². The van der Waals surface area contributed by atoms with Crippen LogP contribution in [-0.2, 0) is 14.2 Å². The van der Waals surface area contributed by atoms with Gasteiger partial charge in [-0.05, 0) is 70.2 Å². The van der Waals surface area contributed by atoms with E-state index in [0.717, 1.165) is 66.1 Å². The zero-order chi connectivity index (χ0) is 35.6. The summed E-state index contributed by atoms with van der Waals surface area (Å²) in [7, 11) is -0.903. The molecule has 2 saturated heterocycles. The fraction of sp³-hybridized carbons (Fsp3) is 0.667. The Morgan fingerprint density at radius 2 is 1.57 bits per heavy atom. The van der Waals surface area contributed by atoms with E-state index in [2.05, 4.69) is 55.2 Å². The van der Waals surface area contributed by atoms with Crippen molar-refractivity contribution in [3.8, 4) is 17.0 Å². The fourth-order valence-electron chi connectivity index (χ4n) is 6.60. The first kappa shape index (κ1) is 37.3. The number of aromatic nitrogens is 4. The van der Waals surface area contributed by atoms with E-state index in [-0.39, 0.29) is 24.1 Å². The minimum absolute atomic E-state index is 0.125. The highest BCUT2D eigenvalue weighted by Gasteiger charge is 2.45. The number of hydrogen-bond donors (Lipinski definition) is 0. The number of pyridine rings is 1. The van der Waals surface area contributed by atoms with Crippen LogP contribution in [0.25, 0.3) is 16.8 Å². The molecule has 2 atom stereocenters. The summed E-state index contributed by atoms with van der Waals surface area (Å²) in [4.78, 5) is 27.1. The van der Waals surface area contributed by atoms with Crippen molar-refractivity contribution in [2.24, 2.45) is 0 Å². The van der Waals surface area contributed by atoms with Crippen LogP contribution in [-0.4, -0.2) is 98.2 Å². The largest absolute Gasteiger partial charge is 0.481 e. The Balaban J connectivity index is 1.52. The zero-order valence-electron chi connectivity index (χ0n) is 31.4. The lowest BCUT2D eigenvalue weighted by molar-refractivity contribution is 0.00569. The van der Waals surface area contributed by atoms with Crippen LogP contribution in [0.4, 0.5) is 10.6 Å². The second kappa shape index (κ2) is 15.1. The maximum absolute atomic E-state index is 13.3. The van der Waals surface area contributed by atoms with Crippen molar-refractivity contribution in [2.45, 2.75) is 121 Å². The van der Waals surface area contributed by atoms with Crippen molar-refractivity contribution in [3.05, 3.63) is 36.3 Å². The van der Waals surface area contributed by atoms with Crippen molar-refractivity contribution in [1.29, 1.82) is 0 Å². The molecular weight excluding hydrogens is 653 g/mol. The van der Waals surface area contributed by atoms with Crippen molar-refractivity contribution in [3.63, 3.8) is 0 Å². The third-order valence-corrected chi connectivity index (χ3v) is 12.7. The lowest BCUT2D eigenvalue weighted by Crippen LogP contribution is -2.48. The van der Waals surface area contributed by atoms with Gasteiger partial charge in [0.2, 0.25) is 5.88 Å². The molecule has 3 aromatic rings. The molecule has 2 aliphatic heterocycles. The molecule has 270 valence electrons. The summed E-state index contributed by atoms with van der Waals surface area (Å²) in [6.07, 6.45) is 7.05. The van der Waals surface area contributed by atoms with E-state index in [0.29, 0.717) is 32.6 Å². The van der Waals surface area contributed by atoms with E-state index in [1.165, 1.54) is 0 Å². The molecule has 0 radical (unpaired) electrons. The van der Waals surface area contributed by atoms with E-state index < -0.39 is 21.7 Å². The summed E-state index contributed by atoms with van der Waals surface area (Å²) >= 11 is 0. The topological polar surface area (TPSA) is 104 Å². The number of hydrogen-bond acceptors (Lipinski definition) is 9. The highest BCUT2D eigenvalue weighted by Crippen LogP contribution is 2.44. The van der Waals surface area contributed by atoms with Crippen LogP contribution in [0.15, 0.2) is 30.6 Å². The number of carbonyl (C=O) groups excluding carboxylic acids is 1. The van der Waals surface area contributed by atoms with Gasteiger partial charge in [0.15, 0.2) is 5.65 Å². The van der Waals surface area contributed by atoms with E-state index >= 15 is 0 Å². The fourth-order valence-corrected chi connectivity index (χ4v) is 8.11. The van der Waals surface area contributed by atoms with Crippen LogP contribution in [0, 0.1) is 0 Å². The van der Waals surface area contributed by atoms with Gasteiger partial charge in [0.1, 0.15) is 24.9 Å². The molecule has 5 heterocycles. The molecule has 2 aliphatic rings. The van der Waals surface area contributed by atoms with Gasteiger partial charge in [0, 0.05) is 77.0 Å². The molecular formula is C36H58N6O5Si2. The summed E-state index contributed by atoms with van der Waals surface area (Å²) < 4.78 is 25.9. The van der Waals surface area contributed by atoms with Crippen LogP contribution < -0.4 is 9.64 Å². The van der Waals surface area contributed by atoms with Gasteiger partial charge in [-0.3, -0.25) is 0 Å². The van der Waals surface area contributed by atoms with E-state index in [1.807, 2.05) is 48.5 Å². The zero-order valence-corrected chi connectivity index (χ0v) is 33.4. The molecule has 5 rings (SSSR count). The van der Waals surface area contributed by atoms with Crippen LogP contribution in [0.1, 0.15) is 58.1 Å². The predicted octanol–water partition coefficient (Wildman–Crippen LogP) is 7.88. The Labute approximate surface area is 294 Å². The number of amides is 1. The number of methoxy groups -OCH3 is 1. The Morgan fingerprint density at radius 1 is 0.959 bits per heavy atom. The Morgan fingerprint density at radius 3 is 2.12 bits per heavy atom. The summed E-state index contributed by atoms with van der Waals surface area (Å²) in [5.74, 6) is 1.60. The van der Waals surface area contributed by atoms with Crippen LogP contribution >= 0.6 is 0 Å². The van der Waals surface area contributed by atoms with Crippen molar-refractivity contribution < 1.29 is 23.7 Å². The molecule has 2 fully saturated rings. The third kappa shape index (κ3) is 9.83. The molecule has 49 heavy (non-hydrogen) atoms. The van der Waals surface area contributed by atoms with E-state index in [4.69, 9.17) is 29.0 Å². The summed E-state index contributed by atoms with van der Waals surface area (Å²) in [6, 6.07) is 8.48. The highest BCUT2D eigenvalue weighted by molar-refractivity contribution is 6.76. The maximum atomic E-state index is 13.3. The van der Waals surface area contributed by atoms with Crippen LogP contribution in [0.2, 0.25) is 51.4 Å². The minimum Gasteiger partial charge on any atom is -0.481 e. The van der Waals surface area contributed by atoms with Gasteiger partial charge in [-0.2, -0.15) is 9.61 Å². The minimum atomic E-state index is -1.26. The standard InChI is InChI=1S/C36H58N6O5Si2/c1-36(2,3)47-35(43)41-28-11-12-29(41)20-27(19-28)31-22-33(40(24-45-15-17-48(5,6)7)25-46-16-18-49(8,9)10)42-34(39-31)30(23-38-42)26-13-14-37-32(21-26)44-4/h13-14,21-23,27-29H,11-12,15-20,24-25H2,1-10H3. The lowest BCUT2D eigenvalue weighted by Gasteiger charge is -2.39. The molecule has 0 N–H and O–H groups in total. The number of fused-ring (bicyclic) bond motifs is 3. The molecule has 0 spiro atoms. The molecule has 2 bridgehead atoms. The SMILES string of the molecule is COc1cc(-c2cnn3c(N(COCC[Si](C)(C)C)COCC[Si](C)(C)C)cc(C4CC5CCC(C4)N5C(=O)OC(C)(C)C)nc23)ccn1. The smallest absolute Gasteiger partial charge is 0.410 e. The second-order valence-corrected chi connectivity index (χ2v) is 28.3. The Hall–Kier alpha value is -3.01. The van der Waals surface area contributed by atoms with E-state index in [9.17, 15) is 4.79 Å². The van der Waals surface area contributed by atoms with Gasteiger partial charge in [-0.25, -0.2) is 14.8 Å². The number of anilines is 1. The van der Waals surface area contributed by atoms with Gasteiger partial charge >= 0.3 is 6.09 Å². The van der Waals surface area contributed by atoms with E-state index in [1.54, 1.807) is 13.3 Å². The summed E-state index contributed by atoms with van der Waals surface area (Å²) in [5, 5.41) is 4.89. The summed E-state index contributed by atoms with van der Waals surface area (Å²) in [5.41, 5.74) is 3.07. The first-order chi connectivity index (χ1) is 23.0. The normalized spacial score (nSPS) is 19.8. The number of nitrogens with zero attached hydrogens (tertiary/aromatic N) is 6. The van der Waals surface area contributed by atoms with Crippen molar-refractivity contribution in [1.82, 2.24) is 24.5 Å². The Kier molecular flexibility index (Phi) is 11.5. The maximum Gasteiger partial charge on any atom is 0.410 e. The molecule has 11 nitrogen and oxygen atoms in total. The Bertz CT molecular complexity index is 1540. The molecule has 0 aliphatic carbocycles. The van der Waals surface area contributed by atoms with Crippen molar-refractivity contribution >= 4 is 33.7 Å². The average molecular weight is 711 g/mol. The van der Waals surface area contributed by atoms with Gasteiger partial charge < -0.3 is 28.7 Å². The molecule has 3 aromatic heterocycles. The van der Waals surface area contributed by atoms with Gasteiger partial charge in [-0.15, -0.1) is 0 Å². The number of rotatable bonds is 14. The summed E-state index contributed by atoms with van der Waals surface area (Å²) in [6.45, 7) is 22.2. The monoisotopic (exact) mass is 710 g/mol. The first-order valence-electron chi connectivity index (χ1n) is 17.8. The highest BCUT2D eigenvalue weighted by atomic mass is 28.3. The molecule has 0 saturated carbocycles. The number of piperidine rings is 1. The molecule has 13 heteroatoms. The average Bonchev–Trinajstić information content (AvgIpc) is 3.56. The third-order valence-electron chi connectivity index (χ3n) is 9.29. The molecule has 1 amide bonds. The quantitative estimate of drug-likeness (QED) is 0.0939. The molecule has 2 unspecified atom stereocenters. The van der Waals surface area contributed by atoms with Crippen LogP contribution in [0.5, 0.6) is 5.88 Å². The lowest BCUT2D eigenvalue weighted by atomic mass is 9.88. The number of carbonyl (C=O) groups is 1. The first-order valence-corrected chi connectivity index (χ1v) is 25.2. The predicted molar refractivity (Wildman–Crippen MR) is 200 cm³/mol. The van der Waals surface area contributed by atoms with Gasteiger partial charge in [0.25, 0.3) is 0 Å². The van der Waals surface area contributed by atoms with Gasteiger partial charge in [0.05, 0.1) is 13.3 Å². The van der Waals surface area contributed by atoms with Crippen molar-refractivity contribution in [2.75, 3.05) is 38.7 Å².